The average molecular weight is 449 g/mol. The molecule has 11 atom stereocenters. The van der Waals surface area contributed by atoms with Gasteiger partial charge >= 0.3 is 0 Å². The lowest BCUT2D eigenvalue weighted by molar-refractivity contribution is 0.0130. The predicted molar refractivity (Wildman–Crippen MR) is 126 cm³/mol. The van der Waals surface area contributed by atoms with Crippen molar-refractivity contribution in [3.8, 4) is 0 Å². The smallest absolute Gasteiger partial charge is 0.150 e. The molecule has 0 spiro atoms. The highest BCUT2D eigenvalue weighted by Crippen LogP contribution is 2.66. The van der Waals surface area contributed by atoms with Gasteiger partial charge in [0, 0.05) is 47.4 Å². The van der Waals surface area contributed by atoms with Crippen molar-refractivity contribution in [1.29, 1.82) is 0 Å². The lowest BCUT2D eigenvalue weighted by Crippen LogP contribution is -2.56. The summed E-state index contributed by atoms with van der Waals surface area (Å²) in [5, 5.41) is 26.3. The Labute approximate surface area is 196 Å². The third kappa shape index (κ3) is 2.89. The van der Waals surface area contributed by atoms with Gasteiger partial charge in [0.2, 0.25) is 0 Å². The average Bonchev–Trinajstić information content (AvgIpc) is 3.22. The SMILES string of the molecule is O=Cc1ccc([C@@H](C2CCCC2)[C@@H]2[C@@H]3C=C[C@@H]4N2[C@]4(O)[C@@H]3[C@@H]2CC[C@@H]3[C@@H](O)CC[C@H]3N2)cc1. The third-order valence-electron chi connectivity index (χ3n) is 10.4. The summed E-state index contributed by atoms with van der Waals surface area (Å²) in [5.41, 5.74) is 1.35. The molecule has 0 amide bonds. The van der Waals surface area contributed by atoms with E-state index in [9.17, 15) is 15.0 Å². The van der Waals surface area contributed by atoms with E-state index in [0.29, 0.717) is 41.8 Å². The van der Waals surface area contributed by atoms with Gasteiger partial charge in [-0.05, 0) is 50.0 Å². The minimum Gasteiger partial charge on any atom is -0.393 e. The van der Waals surface area contributed by atoms with Gasteiger partial charge in [0.1, 0.15) is 12.0 Å². The summed E-state index contributed by atoms with van der Waals surface area (Å²) in [7, 11) is 0. The summed E-state index contributed by atoms with van der Waals surface area (Å²) in [6.07, 6.45) is 14.7. The zero-order valence-corrected chi connectivity index (χ0v) is 19.2. The number of aldehydes is 1. The lowest BCUT2D eigenvalue weighted by Gasteiger charge is -2.44. The number of hydrogen-bond acceptors (Lipinski definition) is 5. The van der Waals surface area contributed by atoms with E-state index in [-0.39, 0.29) is 18.1 Å². The molecule has 5 fully saturated rings. The molecule has 5 nitrogen and oxygen atoms in total. The first-order valence-corrected chi connectivity index (χ1v) is 13.3. The zero-order chi connectivity index (χ0) is 22.3. The number of benzene rings is 1. The predicted octanol–water partition coefficient (Wildman–Crippen LogP) is 3.22. The highest BCUT2D eigenvalue weighted by Gasteiger charge is 2.79. The van der Waals surface area contributed by atoms with Gasteiger partial charge in [0.15, 0.2) is 0 Å². The topological polar surface area (TPSA) is 72.6 Å². The van der Waals surface area contributed by atoms with E-state index in [4.69, 9.17) is 0 Å². The van der Waals surface area contributed by atoms with Gasteiger partial charge in [0.05, 0.1) is 12.1 Å². The van der Waals surface area contributed by atoms with Crippen molar-refractivity contribution in [3.05, 3.63) is 47.5 Å². The number of piperidine rings is 2. The summed E-state index contributed by atoms with van der Waals surface area (Å²) < 4.78 is 0. The molecule has 1 unspecified atom stereocenters. The van der Waals surface area contributed by atoms with Crippen LogP contribution in [-0.2, 0) is 0 Å². The molecule has 1 aromatic rings. The molecule has 4 bridgehead atoms. The normalized spacial score (nSPS) is 48.6. The molecule has 7 aliphatic rings. The zero-order valence-electron chi connectivity index (χ0n) is 19.2. The quantitative estimate of drug-likeness (QED) is 0.367. The molecule has 1 aromatic carbocycles. The van der Waals surface area contributed by atoms with Crippen molar-refractivity contribution in [2.45, 2.75) is 93.3 Å². The molecule has 3 N–H and O–H groups in total. The number of fused-ring (bicyclic) bond motifs is 1. The minimum absolute atomic E-state index is 0.143. The van der Waals surface area contributed by atoms with Crippen LogP contribution in [0.25, 0.3) is 0 Å². The molecule has 4 heterocycles. The Kier molecular flexibility index (Phi) is 4.72. The molecule has 3 aliphatic carbocycles. The molecule has 0 radical (unpaired) electrons. The summed E-state index contributed by atoms with van der Waals surface area (Å²) >= 11 is 0. The molecule has 8 rings (SSSR count). The summed E-state index contributed by atoms with van der Waals surface area (Å²) in [5.74, 6) is 1.99. The third-order valence-corrected chi connectivity index (χ3v) is 10.4. The molecule has 5 heteroatoms. The van der Waals surface area contributed by atoms with Crippen LogP contribution in [-0.4, -0.2) is 57.4 Å². The van der Waals surface area contributed by atoms with Crippen molar-refractivity contribution >= 4 is 6.29 Å². The Balaban J connectivity index is 1.22. The van der Waals surface area contributed by atoms with E-state index in [0.717, 1.165) is 37.5 Å². The van der Waals surface area contributed by atoms with Crippen LogP contribution >= 0.6 is 0 Å². The van der Waals surface area contributed by atoms with Gasteiger partial charge in [-0.15, -0.1) is 0 Å². The van der Waals surface area contributed by atoms with E-state index in [1.165, 1.54) is 31.2 Å². The Hall–Kier alpha value is -1.53. The van der Waals surface area contributed by atoms with Crippen LogP contribution < -0.4 is 5.32 Å². The second kappa shape index (κ2) is 7.48. The lowest BCUT2D eigenvalue weighted by atomic mass is 9.66. The number of nitrogens with one attached hydrogen (secondary N) is 1. The Morgan fingerprint density at radius 3 is 2.52 bits per heavy atom. The number of carbonyl (C=O) groups is 1. The van der Waals surface area contributed by atoms with Gasteiger partial charge in [0.25, 0.3) is 0 Å². The fourth-order valence-electron chi connectivity index (χ4n) is 9.01. The van der Waals surface area contributed by atoms with E-state index < -0.39 is 5.72 Å². The number of aliphatic hydroxyl groups is 2. The van der Waals surface area contributed by atoms with Crippen molar-refractivity contribution in [2.75, 3.05) is 0 Å². The number of aliphatic hydroxyl groups excluding tert-OH is 1. The number of rotatable bonds is 5. The molecular weight excluding hydrogens is 412 g/mol. The van der Waals surface area contributed by atoms with Crippen LogP contribution in [0.15, 0.2) is 36.4 Å². The largest absolute Gasteiger partial charge is 0.393 e. The maximum atomic E-state index is 12.0. The molecule has 2 saturated carbocycles. The minimum atomic E-state index is -0.717. The fourth-order valence-corrected chi connectivity index (χ4v) is 9.01. The summed E-state index contributed by atoms with van der Waals surface area (Å²) in [6, 6.07) is 9.46. The van der Waals surface area contributed by atoms with E-state index >= 15 is 0 Å². The first kappa shape index (κ1) is 20.8. The van der Waals surface area contributed by atoms with Gasteiger partial charge in [-0.1, -0.05) is 49.3 Å². The van der Waals surface area contributed by atoms with E-state index in [2.05, 4.69) is 34.5 Å². The molecule has 33 heavy (non-hydrogen) atoms. The van der Waals surface area contributed by atoms with Crippen LogP contribution in [0.2, 0.25) is 0 Å². The number of nitrogens with zero attached hydrogens (tertiary/aromatic N) is 1. The van der Waals surface area contributed by atoms with Gasteiger partial charge in [-0.2, -0.15) is 0 Å². The molecule has 176 valence electrons. The second-order valence-electron chi connectivity index (χ2n) is 11.7. The maximum Gasteiger partial charge on any atom is 0.150 e. The maximum absolute atomic E-state index is 12.0. The first-order chi connectivity index (χ1) is 16.1. The molecular formula is C28H36N2O3. The van der Waals surface area contributed by atoms with E-state index in [1.807, 2.05) is 12.1 Å². The Morgan fingerprint density at radius 1 is 1.00 bits per heavy atom. The standard InChI is InChI=1S/C28H36N2O3/c31-15-16-5-7-18(8-6-16)25(17-3-1-2-4-17)27-20-10-14-24-28(33,30(24)27)26(20)22-11-9-19-21(29-22)12-13-23(19)32/h5-8,10,14-15,17,19-27,29,32-33H,1-4,9,11-13H2/t19-,20+,21+,22-,23-,24-,25+,26-,27-,28+,30?/m0/s1. The Morgan fingerprint density at radius 2 is 1.76 bits per heavy atom. The summed E-state index contributed by atoms with van der Waals surface area (Å²) in [6.45, 7) is 0. The van der Waals surface area contributed by atoms with Crippen LogP contribution in [0.4, 0.5) is 0 Å². The van der Waals surface area contributed by atoms with E-state index in [1.54, 1.807) is 0 Å². The van der Waals surface area contributed by atoms with Gasteiger partial charge in [-0.3, -0.25) is 9.69 Å². The highest BCUT2D eigenvalue weighted by atomic mass is 16.3. The van der Waals surface area contributed by atoms with Crippen LogP contribution in [0.1, 0.15) is 73.2 Å². The molecule has 3 saturated heterocycles. The first-order valence-electron chi connectivity index (χ1n) is 13.3. The van der Waals surface area contributed by atoms with Crippen molar-refractivity contribution in [1.82, 2.24) is 10.2 Å². The second-order valence-corrected chi connectivity index (χ2v) is 11.7. The number of carbonyl (C=O) groups excluding carboxylic acids is 1. The van der Waals surface area contributed by atoms with Crippen LogP contribution in [0, 0.1) is 23.7 Å². The molecule has 0 aromatic heterocycles. The number of hydrogen-bond donors (Lipinski definition) is 3. The van der Waals surface area contributed by atoms with Crippen molar-refractivity contribution in [2.24, 2.45) is 23.7 Å². The van der Waals surface area contributed by atoms with Gasteiger partial charge in [-0.25, -0.2) is 0 Å². The summed E-state index contributed by atoms with van der Waals surface area (Å²) in [4.78, 5) is 13.7. The van der Waals surface area contributed by atoms with Crippen molar-refractivity contribution < 1.29 is 15.0 Å². The van der Waals surface area contributed by atoms with Crippen LogP contribution in [0.3, 0.4) is 0 Å². The highest BCUT2D eigenvalue weighted by molar-refractivity contribution is 5.74. The fraction of sp³-hybridized carbons (Fsp3) is 0.679. The van der Waals surface area contributed by atoms with Crippen LogP contribution in [0.5, 0.6) is 0 Å². The Bertz CT molecular complexity index is 956. The van der Waals surface area contributed by atoms with Crippen molar-refractivity contribution in [3.63, 3.8) is 0 Å². The molecule has 4 aliphatic heterocycles. The van der Waals surface area contributed by atoms with Gasteiger partial charge < -0.3 is 15.5 Å². The monoisotopic (exact) mass is 448 g/mol.